The van der Waals surface area contributed by atoms with E-state index in [2.05, 4.69) is 15.4 Å². The molecule has 1 amide bonds. The van der Waals surface area contributed by atoms with Crippen LogP contribution >= 0.6 is 11.6 Å². The van der Waals surface area contributed by atoms with Crippen molar-refractivity contribution in [1.29, 1.82) is 0 Å². The number of nitrogens with zero attached hydrogens (tertiary/aromatic N) is 4. The molecule has 0 unspecified atom stereocenters. The van der Waals surface area contributed by atoms with E-state index in [1.807, 2.05) is 6.07 Å². The molecule has 0 saturated heterocycles. The number of fused-ring (bicyclic) bond motifs is 1. The molecule has 29 heavy (non-hydrogen) atoms. The van der Waals surface area contributed by atoms with E-state index in [0.717, 1.165) is 0 Å². The molecule has 9 heteroatoms. The van der Waals surface area contributed by atoms with Crippen LogP contribution in [0.15, 0.2) is 65.8 Å². The second-order valence-electron chi connectivity index (χ2n) is 6.20. The minimum atomic E-state index is -0.363. The van der Waals surface area contributed by atoms with Gasteiger partial charge < -0.3 is 10.1 Å². The number of nitrogens with one attached hydrogen (secondary N) is 1. The van der Waals surface area contributed by atoms with Gasteiger partial charge in [0.15, 0.2) is 5.65 Å². The van der Waals surface area contributed by atoms with Gasteiger partial charge in [0, 0.05) is 5.69 Å². The van der Waals surface area contributed by atoms with E-state index < -0.39 is 0 Å². The van der Waals surface area contributed by atoms with Crippen LogP contribution in [0, 0.1) is 0 Å². The van der Waals surface area contributed by atoms with E-state index in [4.69, 9.17) is 16.3 Å². The van der Waals surface area contributed by atoms with Crippen LogP contribution in [0.3, 0.4) is 0 Å². The number of amides is 1. The lowest BCUT2D eigenvalue weighted by Crippen LogP contribution is -2.27. The van der Waals surface area contributed by atoms with E-state index in [9.17, 15) is 9.59 Å². The molecule has 0 atom stereocenters. The quantitative estimate of drug-likeness (QED) is 0.547. The van der Waals surface area contributed by atoms with Crippen molar-refractivity contribution >= 4 is 34.2 Å². The molecule has 4 rings (SSSR count). The topological polar surface area (TPSA) is 91.0 Å². The van der Waals surface area contributed by atoms with Crippen LogP contribution in [-0.2, 0) is 11.3 Å². The minimum Gasteiger partial charge on any atom is -0.497 e. The molecule has 2 heterocycles. The maximum absolute atomic E-state index is 12.8. The number of rotatable bonds is 5. The van der Waals surface area contributed by atoms with Crippen LogP contribution in [0.1, 0.15) is 0 Å². The highest BCUT2D eigenvalue weighted by Gasteiger charge is 2.14. The SMILES string of the molecule is COc1ccc(NC(=O)Cn2cnc3c(cnn3-c3ccccc3Cl)c2=O)cc1. The zero-order valence-electron chi connectivity index (χ0n) is 15.4. The summed E-state index contributed by atoms with van der Waals surface area (Å²) in [6.07, 6.45) is 2.75. The van der Waals surface area contributed by atoms with Gasteiger partial charge in [-0.05, 0) is 36.4 Å². The van der Waals surface area contributed by atoms with Crippen LogP contribution in [0.4, 0.5) is 5.69 Å². The Hall–Kier alpha value is -3.65. The lowest BCUT2D eigenvalue weighted by Gasteiger charge is -2.08. The first-order valence-electron chi connectivity index (χ1n) is 8.69. The van der Waals surface area contributed by atoms with E-state index >= 15 is 0 Å². The molecule has 0 radical (unpaired) electrons. The standard InChI is InChI=1S/C20H16ClN5O3/c1-29-14-8-6-13(7-9-14)24-18(27)11-25-12-22-19-15(20(25)28)10-23-26(19)17-5-3-2-4-16(17)21/h2-10,12H,11H2,1H3,(H,24,27). The first kappa shape index (κ1) is 18.7. The number of hydrogen-bond donors (Lipinski definition) is 1. The summed E-state index contributed by atoms with van der Waals surface area (Å²) in [5.74, 6) is 0.335. The lowest BCUT2D eigenvalue weighted by atomic mass is 10.3. The number of methoxy groups -OCH3 is 1. The summed E-state index contributed by atoms with van der Waals surface area (Å²) in [4.78, 5) is 29.4. The molecule has 0 saturated carbocycles. The molecule has 2 aromatic carbocycles. The van der Waals surface area contributed by atoms with Gasteiger partial charge >= 0.3 is 0 Å². The van der Waals surface area contributed by atoms with Crippen LogP contribution < -0.4 is 15.6 Å². The minimum absolute atomic E-state index is 0.176. The van der Waals surface area contributed by atoms with Crippen LogP contribution in [0.5, 0.6) is 5.75 Å². The molecule has 146 valence electrons. The van der Waals surface area contributed by atoms with Crippen molar-refractivity contribution < 1.29 is 9.53 Å². The molecule has 0 aliphatic rings. The van der Waals surface area contributed by atoms with E-state index in [1.54, 1.807) is 49.6 Å². The Morgan fingerprint density at radius 1 is 1.17 bits per heavy atom. The van der Waals surface area contributed by atoms with Gasteiger partial charge in [0.25, 0.3) is 5.56 Å². The molecule has 0 spiro atoms. The molecule has 0 bridgehead atoms. The summed E-state index contributed by atoms with van der Waals surface area (Å²) in [7, 11) is 1.57. The fourth-order valence-corrected chi connectivity index (χ4v) is 3.11. The smallest absolute Gasteiger partial charge is 0.264 e. The summed E-state index contributed by atoms with van der Waals surface area (Å²) in [6.45, 7) is -0.176. The number of carbonyl (C=O) groups is 1. The van der Waals surface area contributed by atoms with Gasteiger partial charge in [-0.2, -0.15) is 5.10 Å². The molecule has 0 aliphatic heterocycles. The third-order valence-corrected chi connectivity index (χ3v) is 4.64. The molecule has 8 nitrogen and oxygen atoms in total. The molecule has 0 aliphatic carbocycles. The van der Waals surface area contributed by atoms with Gasteiger partial charge in [0.1, 0.15) is 24.0 Å². The predicted molar refractivity (Wildman–Crippen MR) is 110 cm³/mol. The number of halogens is 1. The highest BCUT2D eigenvalue weighted by atomic mass is 35.5. The summed E-state index contributed by atoms with van der Waals surface area (Å²) in [5, 5.41) is 7.76. The van der Waals surface area contributed by atoms with Crippen LogP contribution in [0.25, 0.3) is 16.7 Å². The molecule has 1 N–H and O–H groups in total. The Labute approximate surface area is 170 Å². The Balaban J connectivity index is 1.59. The number of aromatic nitrogens is 4. The summed E-state index contributed by atoms with van der Waals surface area (Å²) in [5.41, 5.74) is 1.23. The average Bonchev–Trinajstić information content (AvgIpc) is 3.16. The first-order chi connectivity index (χ1) is 14.1. The fourth-order valence-electron chi connectivity index (χ4n) is 2.89. The van der Waals surface area contributed by atoms with Gasteiger partial charge in [-0.15, -0.1) is 0 Å². The number of ether oxygens (including phenoxy) is 1. The Morgan fingerprint density at radius 2 is 1.93 bits per heavy atom. The molecule has 2 aromatic heterocycles. The van der Waals surface area contributed by atoms with Crippen molar-refractivity contribution in [1.82, 2.24) is 19.3 Å². The Morgan fingerprint density at radius 3 is 2.66 bits per heavy atom. The number of hydrogen-bond acceptors (Lipinski definition) is 5. The van der Waals surface area contributed by atoms with Crippen molar-refractivity contribution in [3.05, 3.63) is 76.4 Å². The summed E-state index contributed by atoms with van der Waals surface area (Å²) in [6, 6.07) is 14.0. The van der Waals surface area contributed by atoms with Crippen molar-refractivity contribution in [3.63, 3.8) is 0 Å². The van der Waals surface area contributed by atoms with Crippen molar-refractivity contribution in [3.8, 4) is 11.4 Å². The molecule has 0 fully saturated rings. The van der Waals surface area contributed by atoms with E-state index in [1.165, 1.54) is 21.8 Å². The normalized spacial score (nSPS) is 10.8. The predicted octanol–water partition coefficient (Wildman–Crippen LogP) is 2.88. The second kappa shape index (κ2) is 7.76. The monoisotopic (exact) mass is 409 g/mol. The third-order valence-electron chi connectivity index (χ3n) is 4.32. The number of carbonyl (C=O) groups excluding carboxylic acids is 1. The Kier molecular flexibility index (Phi) is 5.01. The van der Waals surface area contributed by atoms with Gasteiger partial charge in [-0.1, -0.05) is 23.7 Å². The number of para-hydroxylation sites is 1. The third kappa shape index (κ3) is 3.70. The molecule has 4 aromatic rings. The van der Waals surface area contributed by atoms with Gasteiger partial charge in [-0.3, -0.25) is 14.2 Å². The summed E-state index contributed by atoms with van der Waals surface area (Å²) < 4.78 is 7.82. The van der Waals surface area contributed by atoms with Crippen molar-refractivity contribution in [2.45, 2.75) is 6.54 Å². The molecular weight excluding hydrogens is 394 g/mol. The van der Waals surface area contributed by atoms with Gasteiger partial charge in [0.2, 0.25) is 5.91 Å². The maximum Gasteiger partial charge on any atom is 0.264 e. The second-order valence-corrected chi connectivity index (χ2v) is 6.61. The summed E-state index contributed by atoms with van der Waals surface area (Å²) >= 11 is 6.22. The Bertz CT molecular complexity index is 1250. The van der Waals surface area contributed by atoms with Crippen molar-refractivity contribution in [2.75, 3.05) is 12.4 Å². The number of anilines is 1. The largest absolute Gasteiger partial charge is 0.497 e. The number of benzene rings is 2. The van der Waals surface area contributed by atoms with Crippen LogP contribution in [-0.4, -0.2) is 32.3 Å². The average molecular weight is 410 g/mol. The van der Waals surface area contributed by atoms with Crippen LogP contribution in [0.2, 0.25) is 5.02 Å². The van der Waals surface area contributed by atoms with Gasteiger partial charge in [-0.25, -0.2) is 9.67 Å². The maximum atomic E-state index is 12.8. The molecular formula is C20H16ClN5O3. The zero-order chi connectivity index (χ0) is 20.4. The van der Waals surface area contributed by atoms with Crippen molar-refractivity contribution in [2.24, 2.45) is 0 Å². The highest BCUT2D eigenvalue weighted by molar-refractivity contribution is 6.32. The van der Waals surface area contributed by atoms with E-state index in [-0.39, 0.29) is 18.0 Å². The van der Waals surface area contributed by atoms with Gasteiger partial charge in [0.05, 0.1) is 24.0 Å². The first-order valence-corrected chi connectivity index (χ1v) is 9.06. The highest BCUT2D eigenvalue weighted by Crippen LogP contribution is 2.21. The lowest BCUT2D eigenvalue weighted by molar-refractivity contribution is -0.116. The zero-order valence-corrected chi connectivity index (χ0v) is 16.1. The fraction of sp³-hybridized carbons (Fsp3) is 0.100. The van der Waals surface area contributed by atoms with E-state index in [0.29, 0.717) is 33.2 Å².